The van der Waals surface area contributed by atoms with Crippen molar-refractivity contribution >= 4 is 35.0 Å². The highest BCUT2D eigenvalue weighted by Crippen LogP contribution is 2.27. The monoisotopic (exact) mass is 435 g/mol. The van der Waals surface area contributed by atoms with Gasteiger partial charge in [0, 0.05) is 11.4 Å². The number of amides is 2. The van der Waals surface area contributed by atoms with Crippen molar-refractivity contribution in [1.82, 2.24) is 10.9 Å². The predicted octanol–water partition coefficient (Wildman–Crippen LogP) is 3.44. The van der Waals surface area contributed by atoms with Crippen molar-refractivity contribution in [2.75, 3.05) is 13.2 Å². The number of nitrogens with one attached hydrogen (secondary N) is 2. The lowest BCUT2D eigenvalue weighted by Gasteiger charge is -2.10. The van der Waals surface area contributed by atoms with Crippen LogP contribution >= 0.6 is 23.2 Å². The van der Waals surface area contributed by atoms with Crippen LogP contribution in [-0.2, 0) is 16.0 Å². The molecule has 7 nitrogen and oxygen atoms in total. The van der Waals surface area contributed by atoms with Crippen molar-refractivity contribution in [3.8, 4) is 17.6 Å². The minimum absolute atomic E-state index is 0.159. The summed E-state index contributed by atoms with van der Waals surface area (Å²) in [6.07, 6.45) is 0.906. The molecule has 0 unspecified atom stereocenters. The van der Waals surface area contributed by atoms with Gasteiger partial charge in [-0.3, -0.25) is 20.4 Å². The molecule has 2 aromatic rings. The summed E-state index contributed by atoms with van der Waals surface area (Å²) in [5.41, 5.74) is 5.44. The summed E-state index contributed by atoms with van der Waals surface area (Å²) in [7, 11) is 0. The smallest absolute Gasteiger partial charge is 0.276 e. The summed E-state index contributed by atoms with van der Waals surface area (Å²) in [4.78, 5) is 23.5. The number of hydrazine groups is 1. The third-order valence-corrected chi connectivity index (χ3v) is 4.15. The Balaban J connectivity index is 1.59. The molecule has 2 N–H and O–H groups in total. The van der Waals surface area contributed by atoms with Gasteiger partial charge in [-0.15, -0.1) is 0 Å². The number of carbonyl (C=O) groups is 2. The first-order valence-electron chi connectivity index (χ1n) is 8.72. The van der Waals surface area contributed by atoms with E-state index < -0.39 is 5.91 Å². The number of benzene rings is 2. The van der Waals surface area contributed by atoms with E-state index >= 15 is 0 Å². The summed E-state index contributed by atoms with van der Waals surface area (Å²) < 4.78 is 10.8. The lowest BCUT2D eigenvalue weighted by molar-refractivity contribution is -0.130. The van der Waals surface area contributed by atoms with Crippen molar-refractivity contribution in [1.29, 1.82) is 5.26 Å². The second kappa shape index (κ2) is 11.8. The van der Waals surface area contributed by atoms with Gasteiger partial charge >= 0.3 is 0 Å². The quantitative estimate of drug-likeness (QED) is 0.463. The number of nitriles is 1. The van der Waals surface area contributed by atoms with Crippen LogP contribution in [0.2, 0.25) is 10.0 Å². The van der Waals surface area contributed by atoms with Crippen LogP contribution in [0.25, 0.3) is 0 Å². The minimum Gasteiger partial charge on any atom is -0.492 e. The molecule has 0 aliphatic heterocycles. The van der Waals surface area contributed by atoms with Gasteiger partial charge < -0.3 is 9.47 Å². The Kier molecular flexibility index (Phi) is 9.09. The second-order valence-corrected chi connectivity index (χ2v) is 6.73. The molecule has 2 amide bonds. The number of carbonyl (C=O) groups excluding carboxylic acids is 2. The Morgan fingerprint density at radius 2 is 1.72 bits per heavy atom. The van der Waals surface area contributed by atoms with Crippen LogP contribution < -0.4 is 20.3 Å². The predicted molar refractivity (Wildman–Crippen MR) is 109 cm³/mol. The molecule has 0 atom stereocenters. The largest absolute Gasteiger partial charge is 0.492 e. The Labute approximate surface area is 178 Å². The molecule has 0 aromatic heterocycles. The highest BCUT2D eigenvalue weighted by atomic mass is 35.5. The first-order chi connectivity index (χ1) is 14.0. The summed E-state index contributed by atoms with van der Waals surface area (Å²) in [6.45, 7) is 0.0314. The van der Waals surface area contributed by atoms with Gasteiger partial charge in [-0.05, 0) is 42.3 Å². The molecular weight excluding hydrogens is 417 g/mol. The van der Waals surface area contributed by atoms with Crippen molar-refractivity contribution in [3.05, 3.63) is 58.1 Å². The second-order valence-electron chi connectivity index (χ2n) is 5.89. The van der Waals surface area contributed by atoms with E-state index in [1.165, 1.54) is 0 Å². The third kappa shape index (κ3) is 8.30. The maximum atomic E-state index is 11.8. The Bertz CT molecular complexity index is 882. The molecule has 0 bridgehead atoms. The van der Waals surface area contributed by atoms with Gasteiger partial charge in [-0.1, -0.05) is 35.3 Å². The average Bonchev–Trinajstić information content (AvgIpc) is 2.70. The average molecular weight is 436 g/mol. The van der Waals surface area contributed by atoms with Crippen LogP contribution in [0, 0.1) is 11.3 Å². The molecule has 0 heterocycles. The molecule has 152 valence electrons. The Morgan fingerprint density at radius 3 is 2.41 bits per heavy atom. The summed E-state index contributed by atoms with van der Waals surface area (Å²) in [5, 5.41) is 9.53. The molecular formula is C20H19Cl2N3O4. The van der Waals surface area contributed by atoms with Crippen molar-refractivity contribution in [2.24, 2.45) is 0 Å². The zero-order chi connectivity index (χ0) is 21.1. The molecule has 29 heavy (non-hydrogen) atoms. The fourth-order valence-corrected chi connectivity index (χ4v) is 2.65. The van der Waals surface area contributed by atoms with Crippen molar-refractivity contribution in [2.45, 2.75) is 19.3 Å². The van der Waals surface area contributed by atoms with Crippen molar-refractivity contribution < 1.29 is 19.1 Å². The van der Waals surface area contributed by atoms with Gasteiger partial charge in [0.2, 0.25) is 5.91 Å². The van der Waals surface area contributed by atoms with E-state index in [9.17, 15) is 9.59 Å². The normalized spacial score (nSPS) is 9.97. The number of hydrogen-bond donors (Lipinski definition) is 2. The summed E-state index contributed by atoms with van der Waals surface area (Å²) in [5.74, 6) is 0.127. The standard InChI is InChI=1S/C20H19Cl2N3O4/c21-15-5-8-18(17(22)12-15)28-11-1-2-19(26)24-25-20(27)13-29-16-6-3-14(4-7-16)9-10-23/h3-8,12H,1-2,9,11,13H2,(H,24,26)(H,25,27). The molecule has 9 heteroatoms. The van der Waals surface area contributed by atoms with Gasteiger partial charge in [0.25, 0.3) is 5.91 Å². The summed E-state index contributed by atoms with van der Waals surface area (Å²) in [6, 6.07) is 13.8. The highest BCUT2D eigenvalue weighted by Gasteiger charge is 2.07. The number of hydrogen-bond acceptors (Lipinski definition) is 5. The molecule has 0 aliphatic carbocycles. The van der Waals surface area contributed by atoms with Crippen LogP contribution in [0.5, 0.6) is 11.5 Å². The molecule has 0 aliphatic rings. The molecule has 2 rings (SSSR count). The van der Waals surface area contributed by atoms with E-state index in [0.29, 0.717) is 34.4 Å². The zero-order valence-electron chi connectivity index (χ0n) is 15.4. The van der Waals surface area contributed by atoms with E-state index in [-0.39, 0.29) is 25.5 Å². The Hall–Kier alpha value is -2.95. The van der Waals surface area contributed by atoms with E-state index in [1.54, 1.807) is 42.5 Å². The fourth-order valence-electron chi connectivity index (χ4n) is 2.19. The van der Waals surface area contributed by atoms with E-state index in [1.807, 2.05) is 6.07 Å². The number of ether oxygens (including phenoxy) is 2. The van der Waals surface area contributed by atoms with Gasteiger partial charge in [0.05, 0.1) is 24.1 Å². The first-order valence-corrected chi connectivity index (χ1v) is 9.47. The highest BCUT2D eigenvalue weighted by molar-refractivity contribution is 6.35. The number of nitrogens with zero attached hydrogens (tertiary/aromatic N) is 1. The van der Waals surface area contributed by atoms with E-state index in [2.05, 4.69) is 10.9 Å². The zero-order valence-corrected chi connectivity index (χ0v) is 16.9. The van der Waals surface area contributed by atoms with Crippen LogP contribution in [0.4, 0.5) is 0 Å². The molecule has 0 radical (unpaired) electrons. The van der Waals surface area contributed by atoms with Gasteiger partial charge in [0.15, 0.2) is 6.61 Å². The molecule has 0 spiro atoms. The minimum atomic E-state index is -0.497. The molecule has 0 saturated carbocycles. The SMILES string of the molecule is N#CCc1ccc(OCC(=O)NNC(=O)CCCOc2ccc(Cl)cc2Cl)cc1. The maximum Gasteiger partial charge on any atom is 0.276 e. The molecule has 2 aromatic carbocycles. The molecule has 0 fully saturated rings. The fraction of sp³-hybridized carbons (Fsp3) is 0.250. The Morgan fingerprint density at radius 1 is 1.00 bits per heavy atom. The van der Waals surface area contributed by atoms with Crippen LogP contribution in [0.3, 0.4) is 0 Å². The topological polar surface area (TPSA) is 100 Å². The van der Waals surface area contributed by atoms with Gasteiger partial charge in [-0.2, -0.15) is 5.26 Å². The van der Waals surface area contributed by atoms with Crippen LogP contribution in [-0.4, -0.2) is 25.0 Å². The van der Waals surface area contributed by atoms with Crippen LogP contribution in [0.15, 0.2) is 42.5 Å². The molecule has 0 saturated heterocycles. The third-order valence-electron chi connectivity index (χ3n) is 3.62. The number of halogens is 2. The van der Waals surface area contributed by atoms with E-state index in [0.717, 1.165) is 5.56 Å². The number of rotatable bonds is 9. The first kappa shape index (κ1) is 22.3. The van der Waals surface area contributed by atoms with Crippen LogP contribution in [0.1, 0.15) is 18.4 Å². The summed E-state index contributed by atoms with van der Waals surface area (Å²) >= 11 is 11.8. The lowest BCUT2D eigenvalue weighted by Crippen LogP contribution is -2.43. The maximum absolute atomic E-state index is 11.8. The van der Waals surface area contributed by atoms with Gasteiger partial charge in [0.1, 0.15) is 11.5 Å². The van der Waals surface area contributed by atoms with Gasteiger partial charge in [-0.25, -0.2) is 0 Å². The lowest BCUT2D eigenvalue weighted by atomic mass is 10.2. The van der Waals surface area contributed by atoms with E-state index in [4.69, 9.17) is 37.9 Å². The van der Waals surface area contributed by atoms with Crippen molar-refractivity contribution in [3.63, 3.8) is 0 Å².